The molecule has 0 radical (unpaired) electrons. The van der Waals surface area contributed by atoms with E-state index in [1.54, 1.807) is 5.57 Å². The Balaban J connectivity index is 1.77. The standard InChI is InChI=1S/C44H80O2Si2/c1-13-20-21-25-37-41(45-47(14-2,15-3)16-4)32-35-26-27-36-39-29-28-38(34(10)24-22-23-33(8)9)43(39,11)31-30-40(36)44(35,12)42(37)46-48(17-5,18-6)19-7/h13,26-27,33-34,37-42H,1,14-25,28-32H2,2-12H3/t34-,37-,38-,39+,40+,41-,42+,43-,44+/m1/s1. The van der Waals surface area contributed by atoms with Crippen molar-refractivity contribution in [3.05, 3.63) is 36.0 Å². The van der Waals surface area contributed by atoms with Crippen LogP contribution in [-0.4, -0.2) is 28.8 Å². The van der Waals surface area contributed by atoms with E-state index < -0.39 is 16.6 Å². The number of fused-ring (bicyclic) bond motifs is 5. The molecule has 0 aromatic heterocycles. The summed E-state index contributed by atoms with van der Waals surface area (Å²) in [4.78, 5) is 0. The van der Waals surface area contributed by atoms with Gasteiger partial charge < -0.3 is 8.85 Å². The fourth-order valence-electron chi connectivity index (χ4n) is 11.9. The summed E-state index contributed by atoms with van der Waals surface area (Å²) < 4.78 is 15.6. The highest BCUT2D eigenvalue weighted by Gasteiger charge is 2.62. The first-order valence-corrected chi connectivity index (χ1v) is 26.3. The Morgan fingerprint density at radius 2 is 1.44 bits per heavy atom. The molecule has 4 aliphatic rings. The van der Waals surface area contributed by atoms with Gasteiger partial charge >= 0.3 is 0 Å². The van der Waals surface area contributed by atoms with Crippen molar-refractivity contribution in [1.82, 2.24) is 0 Å². The van der Waals surface area contributed by atoms with Gasteiger partial charge in [0.2, 0.25) is 0 Å². The van der Waals surface area contributed by atoms with Crippen molar-refractivity contribution in [2.45, 2.75) is 195 Å². The van der Waals surface area contributed by atoms with Gasteiger partial charge in [0.15, 0.2) is 16.6 Å². The van der Waals surface area contributed by atoms with Crippen LogP contribution in [0.1, 0.15) is 147 Å². The van der Waals surface area contributed by atoms with E-state index in [-0.39, 0.29) is 17.6 Å². The van der Waals surface area contributed by atoms with Gasteiger partial charge in [-0.25, -0.2) is 0 Å². The Kier molecular flexibility index (Phi) is 14.2. The van der Waals surface area contributed by atoms with Crippen LogP contribution in [0.5, 0.6) is 0 Å². The van der Waals surface area contributed by atoms with Crippen molar-refractivity contribution in [2.75, 3.05) is 0 Å². The van der Waals surface area contributed by atoms with Crippen LogP contribution in [0.15, 0.2) is 36.0 Å². The highest BCUT2D eigenvalue weighted by atomic mass is 28.4. The Hall–Kier alpha value is -0.426. The molecule has 0 N–H and O–H groups in total. The van der Waals surface area contributed by atoms with Crippen molar-refractivity contribution >= 4 is 16.6 Å². The van der Waals surface area contributed by atoms with Gasteiger partial charge in [0.25, 0.3) is 0 Å². The molecule has 276 valence electrons. The Morgan fingerprint density at radius 1 is 0.812 bits per heavy atom. The van der Waals surface area contributed by atoms with Crippen LogP contribution in [0.3, 0.4) is 0 Å². The monoisotopic (exact) mass is 697 g/mol. The molecule has 0 unspecified atom stereocenters. The van der Waals surface area contributed by atoms with Gasteiger partial charge in [0.1, 0.15) is 0 Å². The third-order valence-electron chi connectivity index (χ3n) is 15.7. The molecule has 3 fully saturated rings. The Morgan fingerprint density at radius 3 is 2.02 bits per heavy atom. The van der Waals surface area contributed by atoms with E-state index in [4.69, 9.17) is 8.85 Å². The SMILES string of the molecule is C=CCCC[C@@H]1[C@H](O[Si](CC)(CC)CC)CC2=CC=C3[C@@H]4CC[C@H]([C@H](C)CCCC(C)C)[C@@]4(C)CC[C@@H]3[C@@]2(C)[C@H]1O[Si](CC)(CC)CC. The molecular formula is C44H80O2Si2. The second-order valence-corrected chi connectivity index (χ2v) is 27.5. The van der Waals surface area contributed by atoms with Gasteiger partial charge in [-0.2, -0.15) is 0 Å². The van der Waals surface area contributed by atoms with Crippen LogP contribution >= 0.6 is 0 Å². The van der Waals surface area contributed by atoms with Crippen molar-refractivity contribution in [3.8, 4) is 0 Å². The van der Waals surface area contributed by atoms with Crippen molar-refractivity contribution in [1.29, 1.82) is 0 Å². The predicted molar refractivity (Wildman–Crippen MR) is 215 cm³/mol. The molecule has 0 spiro atoms. The van der Waals surface area contributed by atoms with Gasteiger partial charge in [-0.05, 0) is 123 Å². The Labute approximate surface area is 302 Å². The van der Waals surface area contributed by atoms with Crippen LogP contribution in [-0.2, 0) is 8.85 Å². The summed E-state index contributed by atoms with van der Waals surface area (Å²) in [6.45, 7) is 31.5. The third-order valence-corrected chi connectivity index (χ3v) is 25.0. The summed E-state index contributed by atoms with van der Waals surface area (Å²) in [7, 11) is -3.68. The third kappa shape index (κ3) is 7.68. The van der Waals surface area contributed by atoms with Crippen LogP contribution in [0.4, 0.5) is 0 Å². The largest absolute Gasteiger partial charge is 0.413 e. The van der Waals surface area contributed by atoms with E-state index in [0.717, 1.165) is 36.5 Å². The Bertz CT molecular complexity index is 1080. The lowest BCUT2D eigenvalue weighted by molar-refractivity contribution is -0.0880. The number of allylic oxidation sites excluding steroid dienone is 4. The van der Waals surface area contributed by atoms with Crippen molar-refractivity contribution < 1.29 is 8.85 Å². The lowest BCUT2D eigenvalue weighted by Gasteiger charge is -2.61. The molecule has 9 atom stereocenters. The molecular weight excluding hydrogens is 617 g/mol. The molecule has 0 heterocycles. The quantitative estimate of drug-likeness (QED) is 0.0760. The van der Waals surface area contributed by atoms with Gasteiger partial charge in [0.05, 0.1) is 12.2 Å². The predicted octanol–water partition coefficient (Wildman–Crippen LogP) is 13.9. The van der Waals surface area contributed by atoms with Crippen LogP contribution < -0.4 is 0 Å². The van der Waals surface area contributed by atoms with Crippen LogP contribution in [0.2, 0.25) is 36.3 Å². The van der Waals surface area contributed by atoms with E-state index in [1.807, 2.05) is 5.57 Å². The van der Waals surface area contributed by atoms with Crippen molar-refractivity contribution in [3.63, 3.8) is 0 Å². The fourth-order valence-corrected chi connectivity index (χ4v) is 17.8. The fraction of sp³-hybridized carbons (Fsp3) is 0.864. The molecule has 0 bridgehead atoms. The van der Waals surface area contributed by atoms with Crippen LogP contribution in [0, 0.1) is 46.3 Å². The lowest BCUT2D eigenvalue weighted by Crippen LogP contribution is -2.61. The van der Waals surface area contributed by atoms with E-state index in [1.165, 1.54) is 94.1 Å². The summed E-state index contributed by atoms with van der Waals surface area (Å²) in [5, 5.41) is 0. The molecule has 2 nitrogen and oxygen atoms in total. The molecule has 4 rings (SSSR count). The maximum absolute atomic E-state index is 7.98. The minimum atomic E-state index is -1.89. The summed E-state index contributed by atoms with van der Waals surface area (Å²) in [5.41, 5.74) is 4.01. The number of hydrogen-bond acceptors (Lipinski definition) is 2. The number of unbranched alkanes of at least 4 members (excludes halogenated alkanes) is 1. The normalized spacial score (nSPS) is 34.2. The second kappa shape index (κ2) is 16.9. The first kappa shape index (κ1) is 40.3. The van der Waals surface area contributed by atoms with Gasteiger partial charge in [-0.1, -0.05) is 125 Å². The van der Waals surface area contributed by atoms with Gasteiger partial charge in [-0.15, -0.1) is 6.58 Å². The first-order chi connectivity index (χ1) is 22.9. The smallest absolute Gasteiger partial charge is 0.192 e. The van der Waals surface area contributed by atoms with Gasteiger partial charge in [0, 0.05) is 11.3 Å². The topological polar surface area (TPSA) is 18.5 Å². The molecule has 48 heavy (non-hydrogen) atoms. The molecule has 0 aromatic carbocycles. The minimum absolute atomic E-state index is 0.0672. The molecule has 0 aromatic rings. The molecule has 4 heteroatoms. The summed E-state index contributed by atoms with van der Waals surface area (Å²) in [6.07, 6.45) is 22.4. The molecule has 0 aliphatic heterocycles. The molecule has 0 saturated heterocycles. The molecule has 0 amide bonds. The average Bonchev–Trinajstić information content (AvgIpc) is 3.44. The molecule has 3 saturated carbocycles. The highest BCUT2D eigenvalue weighted by molar-refractivity contribution is 6.74. The number of hydrogen-bond donors (Lipinski definition) is 0. The number of rotatable bonds is 19. The van der Waals surface area contributed by atoms with E-state index in [0.29, 0.717) is 17.3 Å². The zero-order valence-corrected chi connectivity index (χ0v) is 35.9. The second-order valence-electron chi connectivity index (χ2n) is 18.0. The van der Waals surface area contributed by atoms with Crippen LogP contribution in [0.25, 0.3) is 0 Å². The molecule has 4 aliphatic carbocycles. The van der Waals surface area contributed by atoms with E-state index in [9.17, 15) is 0 Å². The summed E-state index contributed by atoms with van der Waals surface area (Å²) in [6, 6.07) is 7.33. The van der Waals surface area contributed by atoms with Crippen molar-refractivity contribution in [2.24, 2.45) is 46.3 Å². The maximum Gasteiger partial charge on any atom is 0.192 e. The van der Waals surface area contributed by atoms with E-state index in [2.05, 4.69) is 101 Å². The zero-order valence-electron chi connectivity index (χ0n) is 33.9. The average molecular weight is 697 g/mol. The highest BCUT2D eigenvalue weighted by Crippen LogP contribution is 2.67. The maximum atomic E-state index is 7.98. The van der Waals surface area contributed by atoms with E-state index >= 15 is 0 Å². The zero-order chi connectivity index (χ0) is 35.3. The minimum Gasteiger partial charge on any atom is -0.413 e. The summed E-state index contributed by atoms with van der Waals surface area (Å²) >= 11 is 0. The first-order valence-electron chi connectivity index (χ1n) is 21.2. The van der Waals surface area contributed by atoms with Gasteiger partial charge in [-0.3, -0.25) is 0 Å². The lowest BCUT2D eigenvalue weighted by atomic mass is 9.48. The summed E-state index contributed by atoms with van der Waals surface area (Å²) in [5.74, 6) is 4.34.